The monoisotopic (exact) mass is 283 g/mol. The van der Waals surface area contributed by atoms with Gasteiger partial charge in [-0.2, -0.15) is 0 Å². The van der Waals surface area contributed by atoms with Gasteiger partial charge < -0.3 is 20.6 Å². The van der Waals surface area contributed by atoms with Crippen LogP contribution in [0.4, 0.5) is 4.79 Å². The van der Waals surface area contributed by atoms with E-state index in [9.17, 15) is 9.90 Å². The van der Waals surface area contributed by atoms with Crippen LogP contribution in [0.15, 0.2) is 0 Å². The molecule has 5 nitrogen and oxygen atoms in total. The van der Waals surface area contributed by atoms with Crippen molar-refractivity contribution >= 4 is 6.03 Å². The maximum absolute atomic E-state index is 12.1. The third-order valence-corrected chi connectivity index (χ3v) is 4.67. The van der Waals surface area contributed by atoms with E-state index in [-0.39, 0.29) is 18.7 Å². The molecule has 1 heterocycles. The van der Waals surface area contributed by atoms with Gasteiger partial charge in [-0.15, -0.1) is 0 Å². The first kappa shape index (κ1) is 15.6. The van der Waals surface area contributed by atoms with E-state index in [4.69, 9.17) is 0 Å². The summed E-state index contributed by atoms with van der Waals surface area (Å²) in [5.41, 5.74) is -0.451. The highest BCUT2D eigenvalue weighted by Crippen LogP contribution is 2.39. The molecule has 2 fully saturated rings. The number of nitrogens with zero attached hydrogens (tertiary/aromatic N) is 1. The topological polar surface area (TPSA) is 64.6 Å². The largest absolute Gasteiger partial charge is 0.394 e. The number of amides is 2. The van der Waals surface area contributed by atoms with Crippen molar-refractivity contribution in [3.05, 3.63) is 0 Å². The molecule has 1 aliphatic heterocycles. The zero-order valence-corrected chi connectivity index (χ0v) is 12.8. The zero-order chi connectivity index (χ0) is 14.6. The predicted octanol–water partition coefficient (Wildman–Crippen LogP) is 1.32. The van der Waals surface area contributed by atoms with E-state index < -0.39 is 5.54 Å². The first-order valence-electron chi connectivity index (χ1n) is 7.99. The summed E-state index contributed by atoms with van der Waals surface area (Å²) in [6.45, 7) is 7.44. The number of hydrogen-bond donors (Lipinski definition) is 3. The number of carbonyl (C=O) groups excluding carboxylic acids is 1. The van der Waals surface area contributed by atoms with Gasteiger partial charge in [0.25, 0.3) is 0 Å². The van der Waals surface area contributed by atoms with Crippen molar-refractivity contribution in [1.82, 2.24) is 15.5 Å². The Balaban J connectivity index is 1.72. The van der Waals surface area contributed by atoms with Crippen LogP contribution >= 0.6 is 0 Å². The Morgan fingerprint density at radius 1 is 1.30 bits per heavy atom. The molecule has 1 unspecified atom stereocenters. The van der Waals surface area contributed by atoms with Crippen LogP contribution in [0.1, 0.15) is 46.0 Å². The molecule has 0 aromatic carbocycles. The van der Waals surface area contributed by atoms with Gasteiger partial charge in [0.15, 0.2) is 0 Å². The molecule has 0 bridgehead atoms. The highest BCUT2D eigenvalue weighted by Gasteiger charge is 2.42. The second-order valence-corrected chi connectivity index (χ2v) is 6.56. The molecular formula is C15H29N3O2. The molecule has 3 N–H and O–H groups in total. The lowest BCUT2D eigenvalue weighted by Gasteiger charge is -2.34. The van der Waals surface area contributed by atoms with Crippen molar-refractivity contribution in [1.29, 1.82) is 0 Å². The van der Waals surface area contributed by atoms with Gasteiger partial charge in [-0.3, -0.25) is 0 Å². The predicted molar refractivity (Wildman–Crippen MR) is 79.6 cm³/mol. The summed E-state index contributed by atoms with van der Waals surface area (Å²) in [5.74, 6) is 0.435. The minimum atomic E-state index is -0.451. The minimum Gasteiger partial charge on any atom is -0.394 e. The Hall–Kier alpha value is -0.810. The van der Waals surface area contributed by atoms with Gasteiger partial charge >= 0.3 is 6.03 Å². The number of piperidine rings is 1. The molecule has 0 spiro atoms. The zero-order valence-electron chi connectivity index (χ0n) is 12.8. The van der Waals surface area contributed by atoms with Crippen LogP contribution in [0.25, 0.3) is 0 Å². The molecule has 2 amide bonds. The average molecular weight is 283 g/mol. The van der Waals surface area contributed by atoms with Crippen LogP contribution in [-0.2, 0) is 0 Å². The van der Waals surface area contributed by atoms with Gasteiger partial charge in [-0.05, 0) is 51.5 Å². The maximum Gasteiger partial charge on any atom is 0.315 e. The van der Waals surface area contributed by atoms with Crippen molar-refractivity contribution in [2.75, 3.05) is 26.2 Å². The Kier molecular flexibility index (Phi) is 5.27. The Morgan fingerprint density at radius 2 is 1.95 bits per heavy atom. The fraction of sp³-hybridized carbons (Fsp3) is 0.933. The number of urea groups is 1. The van der Waals surface area contributed by atoms with Gasteiger partial charge in [-0.25, -0.2) is 4.79 Å². The second kappa shape index (κ2) is 6.76. The lowest BCUT2D eigenvalue weighted by Crippen LogP contribution is -2.56. The highest BCUT2D eigenvalue weighted by molar-refractivity contribution is 5.75. The summed E-state index contributed by atoms with van der Waals surface area (Å²) in [5, 5.41) is 15.5. The standard InChI is InChI=1S/C15H29N3O2/c1-3-8-18-9-6-13(7-10-18)16-14(20)17-15(2,11-19)12-4-5-12/h12-13,19H,3-11H2,1-2H3,(H2,16,17,20). The second-order valence-electron chi connectivity index (χ2n) is 6.56. The van der Waals surface area contributed by atoms with Crippen molar-refractivity contribution in [3.63, 3.8) is 0 Å². The molecule has 20 heavy (non-hydrogen) atoms. The molecule has 0 radical (unpaired) electrons. The van der Waals surface area contributed by atoms with Crippen molar-refractivity contribution in [2.24, 2.45) is 5.92 Å². The highest BCUT2D eigenvalue weighted by atomic mass is 16.3. The number of rotatable bonds is 6. The van der Waals surface area contributed by atoms with Crippen LogP contribution in [0.2, 0.25) is 0 Å². The number of likely N-dealkylation sites (tertiary alicyclic amines) is 1. The third-order valence-electron chi connectivity index (χ3n) is 4.67. The molecule has 0 aromatic heterocycles. The van der Waals surface area contributed by atoms with Crippen LogP contribution < -0.4 is 10.6 Å². The summed E-state index contributed by atoms with van der Waals surface area (Å²) in [4.78, 5) is 14.5. The number of nitrogens with one attached hydrogen (secondary N) is 2. The van der Waals surface area contributed by atoms with Crippen molar-refractivity contribution in [3.8, 4) is 0 Å². The van der Waals surface area contributed by atoms with Gasteiger partial charge in [0.1, 0.15) is 0 Å². The van der Waals surface area contributed by atoms with E-state index in [0.717, 1.165) is 45.3 Å². The van der Waals surface area contributed by atoms with Gasteiger partial charge in [0.05, 0.1) is 12.1 Å². The molecule has 5 heteroatoms. The van der Waals surface area contributed by atoms with E-state index >= 15 is 0 Å². The Labute approximate surface area is 122 Å². The van der Waals surface area contributed by atoms with Crippen LogP contribution in [0, 0.1) is 5.92 Å². The molecule has 116 valence electrons. The van der Waals surface area contributed by atoms with E-state index in [2.05, 4.69) is 22.5 Å². The molecular weight excluding hydrogens is 254 g/mol. The molecule has 1 saturated carbocycles. The number of aliphatic hydroxyl groups is 1. The van der Waals surface area contributed by atoms with Crippen LogP contribution in [-0.4, -0.2) is 53.9 Å². The third kappa shape index (κ3) is 4.09. The fourth-order valence-electron chi connectivity index (χ4n) is 3.09. The Morgan fingerprint density at radius 3 is 2.45 bits per heavy atom. The minimum absolute atomic E-state index is 0.0139. The number of carbonyl (C=O) groups is 1. The molecule has 1 atom stereocenters. The molecule has 1 aliphatic carbocycles. The van der Waals surface area contributed by atoms with Crippen LogP contribution in [0.5, 0.6) is 0 Å². The van der Waals surface area contributed by atoms with Crippen LogP contribution in [0.3, 0.4) is 0 Å². The van der Waals surface area contributed by atoms with E-state index in [0.29, 0.717) is 5.92 Å². The van der Waals surface area contributed by atoms with Crippen molar-refractivity contribution < 1.29 is 9.90 Å². The first-order chi connectivity index (χ1) is 9.57. The van der Waals surface area contributed by atoms with Gasteiger partial charge in [-0.1, -0.05) is 6.92 Å². The Bertz CT molecular complexity index is 325. The maximum atomic E-state index is 12.1. The molecule has 0 aromatic rings. The van der Waals surface area contributed by atoms with Crippen molar-refractivity contribution in [2.45, 2.75) is 57.5 Å². The van der Waals surface area contributed by atoms with Gasteiger partial charge in [0.2, 0.25) is 0 Å². The lowest BCUT2D eigenvalue weighted by molar-refractivity contribution is 0.149. The first-order valence-corrected chi connectivity index (χ1v) is 7.99. The number of aliphatic hydroxyl groups excluding tert-OH is 1. The molecule has 1 saturated heterocycles. The quantitative estimate of drug-likeness (QED) is 0.689. The summed E-state index contributed by atoms with van der Waals surface area (Å²) in [6, 6.07) is 0.146. The summed E-state index contributed by atoms with van der Waals surface area (Å²) >= 11 is 0. The fourth-order valence-corrected chi connectivity index (χ4v) is 3.09. The van der Waals surface area contributed by atoms with E-state index in [1.165, 1.54) is 6.42 Å². The molecule has 2 rings (SSSR count). The normalized spacial score (nSPS) is 24.1. The lowest BCUT2D eigenvalue weighted by atomic mass is 9.97. The van der Waals surface area contributed by atoms with Gasteiger partial charge in [0, 0.05) is 19.1 Å². The van der Waals surface area contributed by atoms with E-state index in [1.807, 2.05) is 6.92 Å². The summed E-state index contributed by atoms with van der Waals surface area (Å²) < 4.78 is 0. The summed E-state index contributed by atoms with van der Waals surface area (Å²) in [6.07, 6.45) is 5.44. The van der Waals surface area contributed by atoms with E-state index in [1.54, 1.807) is 0 Å². The number of hydrogen-bond acceptors (Lipinski definition) is 3. The average Bonchev–Trinajstić information content (AvgIpc) is 3.26. The smallest absolute Gasteiger partial charge is 0.315 e. The SMILES string of the molecule is CCCN1CCC(NC(=O)NC(C)(CO)C2CC2)CC1. The summed E-state index contributed by atoms with van der Waals surface area (Å²) in [7, 11) is 0. The molecule has 2 aliphatic rings.